The summed E-state index contributed by atoms with van der Waals surface area (Å²) in [4.78, 5) is 11.3. The van der Waals surface area contributed by atoms with Crippen molar-refractivity contribution < 1.29 is 9.84 Å². The van der Waals surface area contributed by atoms with Crippen molar-refractivity contribution in [3.63, 3.8) is 0 Å². The topological polar surface area (TPSA) is 97.0 Å². The number of nitrogens with two attached hydrogens (primary N) is 1. The highest BCUT2D eigenvalue weighted by molar-refractivity contribution is 5.87. The summed E-state index contributed by atoms with van der Waals surface area (Å²) in [6.45, 7) is 2.17. The molecule has 96 valence electrons. The van der Waals surface area contributed by atoms with Gasteiger partial charge in [0.15, 0.2) is 5.82 Å². The van der Waals surface area contributed by atoms with E-state index in [1.165, 1.54) is 6.33 Å². The van der Waals surface area contributed by atoms with Gasteiger partial charge in [-0.05, 0) is 12.3 Å². The van der Waals surface area contributed by atoms with E-state index >= 15 is 0 Å². The molecule has 4 N–H and O–H groups in total. The number of aromatic amines is 1. The monoisotopic (exact) mass is 248 g/mol. The van der Waals surface area contributed by atoms with Crippen LogP contribution in [0.4, 0.5) is 5.82 Å². The zero-order valence-corrected chi connectivity index (χ0v) is 10.1. The normalized spacial score (nSPS) is 28.0. The van der Waals surface area contributed by atoms with Crippen molar-refractivity contribution in [2.24, 2.45) is 5.92 Å². The molecule has 2 aromatic heterocycles. The Labute approximate surface area is 104 Å². The Kier molecular flexibility index (Phi) is 2.68. The number of H-pyrrole nitrogens is 1. The minimum atomic E-state index is -0.0888. The predicted octanol–water partition coefficient (Wildman–Crippen LogP) is 0.998. The van der Waals surface area contributed by atoms with Crippen LogP contribution in [0.3, 0.4) is 0 Å². The molecule has 0 unspecified atom stereocenters. The number of ether oxygens (including phenoxy) is 1. The first-order valence-corrected chi connectivity index (χ1v) is 6.04. The van der Waals surface area contributed by atoms with E-state index in [0.717, 1.165) is 23.0 Å². The zero-order chi connectivity index (χ0) is 12.7. The molecule has 1 aliphatic rings. The highest BCUT2D eigenvalue weighted by atomic mass is 16.5. The lowest BCUT2D eigenvalue weighted by Crippen LogP contribution is -2.11. The van der Waals surface area contributed by atoms with Crippen LogP contribution < -0.4 is 5.73 Å². The van der Waals surface area contributed by atoms with Gasteiger partial charge in [-0.25, -0.2) is 9.97 Å². The summed E-state index contributed by atoms with van der Waals surface area (Å²) in [5.41, 5.74) is 8.33. The first-order chi connectivity index (χ1) is 8.70. The Bertz CT molecular complexity index is 568. The van der Waals surface area contributed by atoms with Crippen molar-refractivity contribution in [2.45, 2.75) is 25.6 Å². The lowest BCUT2D eigenvalue weighted by molar-refractivity contribution is 0.00578. The number of aliphatic hydroxyl groups is 1. The molecule has 0 radical (unpaired) electrons. The quantitative estimate of drug-likeness (QED) is 0.736. The Morgan fingerprint density at radius 2 is 2.39 bits per heavy atom. The van der Waals surface area contributed by atoms with Crippen molar-refractivity contribution in [1.82, 2.24) is 15.0 Å². The van der Waals surface area contributed by atoms with Crippen molar-refractivity contribution in [3.8, 4) is 0 Å². The lowest BCUT2D eigenvalue weighted by atomic mass is 9.97. The van der Waals surface area contributed by atoms with Crippen LogP contribution in [0.25, 0.3) is 11.0 Å². The van der Waals surface area contributed by atoms with Gasteiger partial charge in [0, 0.05) is 11.8 Å². The average molecular weight is 248 g/mol. The van der Waals surface area contributed by atoms with Crippen LogP contribution in [-0.4, -0.2) is 32.8 Å². The number of hydrogen-bond acceptors (Lipinski definition) is 5. The van der Waals surface area contributed by atoms with Crippen molar-refractivity contribution in [3.05, 3.63) is 18.1 Å². The van der Waals surface area contributed by atoms with E-state index in [1.54, 1.807) is 0 Å². The maximum absolute atomic E-state index is 9.18. The number of nitrogens with one attached hydrogen (secondary N) is 1. The summed E-state index contributed by atoms with van der Waals surface area (Å²) < 4.78 is 5.84. The van der Waals surface area contributed by atoms with Gasteiger partial charge in [0.05, 0.1) is 24.3 Å². The van der Waals surface area contributed by atoms with E-state index < -0.39 is 0 Å². The Morgan fingerprint density at radius 1 is 1.56 bits per heavy atom. The van der Waals surface area contributed by atoms with E-state index in [-0.39, 0.29) is 18.8 Å². The number of aromatic nitrogens is 3. The lowest BCUT2D eigenvalue weighted by Gasteiger charge is -2.13. The van der Waals surface area contributed by atoms with Crippen LogP contribution in [0.5, 0.6) is 0 Å². The maximum Gasteiger partial charge on any atom is 0.151 e. The van der Waals surface area contributed by atoms with Gasteiger partial charge in [0.25, 0.3) is 0 Å². The molecular weight excluding hydrogens is 232 g/mol. The van der Waals surface area contributed by atoms with Crippen molar-refractivity contribution >= 4 is 16.9 Å². The van der Waals surface area contributed by atoms with Gasteiger partial charge in [-0.1, -0.05) is 6.92 Å². The molecule has 6 nitrogen and oxygen atoms in total. The summed E-state index contributed by atoms with van der Waals surface area (Å²) in [5, 5.41) is 9.18. The molecule has 1 saturated heterocycles. The van der Waals surface area contributed by atoms with E-state index in [4.69, 9.17) is 10.5 Å². The van der Waals surface area contributed by atoms with E-state index in [9.17, 15) is 5.11 Å². The van der Waals surface area contributed by atoms with Gasteiger partial charge in [0.1, 0.15) is 11.8 Å². The van der Waals surface area contributed by atoms with Crippen LogP contribution in [0.1, 0.15) is 25.0 Å². The third-order valence-corrected chi connectivity index (χ3v) is 3.52. The van der Waals surface area contributed by atoms with Crippen molar-refractivity contribution in [1.29, 1.82) is 0 Å². The summed E-state index contributed by atoms with van der Waals surface area (Å²) >= 11 is 0. The molecule has 3 rings (SSSR count). The van der Waals surface area contributed by atoms with Crippen LogP contribution in [0.2, 0.25) is 0 Å². The number of fused-ring (bicyclic) bond motifs is 1. The van der Waals surface area contributed by atoms with Crippen LogP contribution >= 0.6 is 0 Å². The molecule has 6 heteroatoms. The van der Waals surface area contributed by atoms with Crippen LogP contribution in [0, 0.1) is 5.92 Å². The number of rotatable bonds is 2. The molecule has 3 atom stereocenters. The number of hydrogen-bond donors (Lipinski definition) is 3. The van der Waals surface area contributed by atoms with Gasteiger partial charge in [-0.3, -0.25) is 0 Å². The summed E-state index contributed by atoms with van der Waals surface area (Å²) in [6.07, 6.45) is 4.04. The van der Waals surface area contributed by atoms with Gasteiger partial charge in [-0.15, -0.1) is 0 Å². The van der Waals surface area contributed by atoms with E-state index in [0.29, 0.717) is 11.7 Å². The molecule has 0 spiro atoms. The molecular formula is C12H16N4O2. The minimum absolute atomic E-state index is 0.0507. The highest BCUT2D eigenvalue weighted by Crippen LogP contribution is 2.40. The van der Waals surface area contributed by atoms with Gasteiger partial charge >= 0.3 is 0 Å². The molecule has 1 aliphatic heterocycles. The SMILES string of the molecule is C[C@H]1C[C@@H](CO)O[C@H]1c1c[nH]c2c(N)ncnc12. The molecule has 0 aromatic carbocycles. The summed E-state index contributed by atoms with van der Waals surface area (Å²) in [5.74, 6) is 0.785. The number of anilines is 1. The first-order valence-electron chi connectivity index (χ1n) is 6.04. The third kappa shape index (κ3) is 1.65. The highest BCUT2D eigenvalue weighted by Gasteiger charge is 2.34. The Hall–Kier alpha value is -1.66. The predicted molar refractivity (Wildman–Crippen MR) is 66.8 cm³/mol. The second kappa shape index (κ2) is 4.22. The smallest absolute Gasteiger partial charge is 0.151 e. The molecule has 0 amide bonds. The third-order valence-electron chi connectivity index (χ3n) is 3.52. The molecule has 1 fully saturated rings. The van der Waals surface area contributed by atoms with Crippen LogP contribution in [-0.2, 0) is 4.74 Å². The molecule has 18 heavy (non-hydrogen) atoms. The van der Waals surface area contributed by atoms with Gasteiger partial charge < -0.3 is 20.6 Å². The second-order valence-corrected chi connectivity index (χ2v) is 4.80. The average Bonchev–Trinajstić information content (AvgIpc) is 2.93. The standard InChI is InChI=1S/C12H16N4O2/c1-6-2-7(4-17)18-11(6)8-3-14-10-9(8)15-5-16-12(10)13/h3,5-7,11,14,17H,2,4H2,1H3,(H2,13,15,16)/t6-,7-,11+/m0/s1. The number of nitrogens with zero attached hydrogens (tertiary/aromatic N) is 2. The zero-order valence-electron chi connectivity index (χ0n) is 10.1. The van der Waals surface area contributed by atoms with Gasteiger partial charge in [-0.2, -0.15) is 0 Å². The minimum Gasteiger partial charge on any atom is -0.394 e. The molecule has 2 aromatic rings. The fourth-order valence-corrected chi connectivity index (χ4v) is 2.63. The molecule has 0 bridgehead atoms. The fourth-order valence-electron chi connectivity index (χ4n) is 2.63. The van der Waals surface area contributed by atoms with E-state index in [1.807, 2.05) is 6.20 Å². The number of nitrogen functional groups attached to an aromatic ring is 1. The molecule has 3 heterocycles. The molecule has 0 saturated carbocycles. The summed E-state index contributed by atoms with van der Waals surface area (Å²) in [7, 11) is 0. The Balaban J connectivity index is 2.02. The van der Waals surface area contributed by atoms with Crippen molar-refractivity contribution in [2.75, 3.05) is 12.3 Å². The fraction of sp³-hybridized carbons (Fsp3) is 0.500. The number of aliphatic hydroxyl groups excluding tert-OH is 1. The largest absolute Gasteiger partial charge is 0.394 e. The Morgan fingerprint density at radius 3 is 3.11 bits per heavy atom. The van der Waals surface area contributed by atoms with Crippen LogP contribution in [0.15, 0.2) is 12.5 Å². The summed E-state index contributed by atoms with van der Waals surface area (Å²) in [6, 6.07) is 0. The maximum atomic E-state index is 9.18. The molecule has 0 aliphatic carbocycles. The second-order valence-electron chi connectivity index (χ2n) is 4.80. The first kappa shape index (κ1) is 11.4. The van der Waals surface area contributed by atoms with Gasteiger partial charge in [0.2, 0.25) is 0 Å². The van der Waals surface area contributed by atoms with E-state index in [2.05, 4.69) is 21.9 Å².